The van der Waals surface area contributed by atoms with E-state index in [1.807, 2.05) is 0 Å². The number of fused-ring (bicyclic) bond motifs is 10. The van der Waals surface area contributed by atoms with E-state index in [9.17, 15) is 88.7 Å². The average molecular weight is 1810 g/mol. The quantitative estimate of drug-likeness (QED) is 0.0314. The summed E-state index contributed by atoms with van der Waals surface area (Å²) in [6.45, 7) is 0.682. The molecule has 0 radical (unpaired) electrons. The van der Waals surface area contributed by atoms with Gasteiger partial charge in [-0.25, -0.2) is 70.7 Å². The van der Waals surface area contributed by atoms with Gasteiger partial charge >= 0.3 is 5.97 Å². The first-order valence-electron chi connectivity index (χ1n) is 37.0. The highest BCUT2D eigenvalue weighted by molar-refractivity contribution is 7.92. The molecule has 2 fully saturated rings. The van der Waals surface area contributed by atoms with Gasteiger partial charge in [0.1, 0.15) is 65.1 Å². The molecule has 2 saturated carbocycles. The highest BCUT2D eigenvalue weighted by atomic mass is 35.5. The Morgan fingerprint density at radius 2 is 1.03 bits per heavy atom. The van der Waals surface area contributed by atoms with Crippen molar-refractivity contribution in [2.75, 3.05) is 35.2 Å². The molecule has 12 aromatic rings. The number of nitrogens with one attached hydrogen (secondary N) is 3. The van der Waals surface area contributed by atoms with Crippen LogP contribution in [0.2, 0.25) is 10.0 Å². The number of hydrogen-bond acceptors (Lipinski definition) is 19. The molecule has 0 bridgehead atoms. The molecule has 4 aliphatic rings. The minimum absolute atomic E-state index is 0.00114. The van der Waals surface area contributed by atoms with E-state index >= 15 is 8.78 Å². The van der Waals surface area contributed by atoms with Crippen LogP contribution in [-0.2, 0) is 81.5 Å². The van der Waals surface area contributed by atoms with Crippen molar-refractivity contribution in [1.82, 2.24) is 73.5 Å². The number of anilines is 2. The van der Waals surface area contributed by atoms with Gasteiger partial charge in [-0.15, -0.1) is 0 Å². The van der Waals surface area contributed by atoms with Gasteiger partial charge in [-0.3, -0.25) is 56.5 Å². The Morgan fingerprint density at radius 3 is 1.47 bits per heavy atom. The van der Waals surface area contributed by atoms with Crippen molar-refractivity contribution in [3.63, 3.8) is 0 Å². The van der Waals surface area contributed by atoms with Crippen LogP contribution in [0.4, 0.5) is 73.1 Å². The first-order valence-corrected chi connectivity index (χ1v) is 41.5. The lowest BCUT2D eigenvalue weighted by molar-refractivity contribution is -0.138. The van der Waals surface area contributed by atoms with Gasteiger partial charge in [0.15, 0.2) is 22.9 Å². The predicted octanol–water partition coefficient (Wildman–Crippen LogP) is 13.0. The van der Waals surface area contributed by atoms with Crippen molar-refractivity contribution in [2.24, 2.45) is 31.7 Å². The lowest BCUT2D eigenvalue weighted by Gasteiger charge is -2.24. The molecule has 29 nitrogen and oxygen atoms in total. The largest absolute Gasteiger partial charge is 0.480 e. The molecular formula is C76H68Cl2F14N18O11S2. The number of halogens is 16. The summed E-state index contributed by atoms with van der Waals surface area (Å²) in [5.41, 5.74) is 3.73. The summed E-state index contributed by atoms with van der Waals surface area (Å²) in [4.78, 5) is 71.1. The van der Waals surface area contributed by atoms with Gasteiger partial charge in [0, 0.05) is 80.6 Å². The minimum atomic E-state index is -3.96. The second kappa shape index (κ2) is 32.3. The number of amides is 1. The Bertz CT molecular complexity index is 6660. The summed E-state index contributed by atoms with van der Waals surface area (Å²) < 4.78 is 268. The number of carboxylic acids is 1. The molecule has 6 atom stereocenters. The Kier molecular flexibility index (Phi) is 23.0. The van der Waals surface area contributed by atoms with Crippen molar-refractivity contribution in [2.45, 2.75) is 126 Å². The van der Waals surface area contributed by atoms with E-state index < -0.39 is 182 Å². The van der Waals surface area contributed by atoms with Crippen molar-refractivity contribution in [3.8, 4) is 23.1 Å². The molecule has 8 heterocycles. The number of pyridine rings is 2. The number of carboxylic acid groups (broad SMARTS) is 1. The molecule has 4 aliphatic carbocycles. The number of aryl methyl sites for hydroxylation is 3. The van der Waals surface area contributed by atoms with E-state index in [1.165, 1.54) is 72.0 Å². The van der Waals surface area contributed by atoms with Crippen molar-refractivity contribution in [1.29, 1.82) is 0 Å². The highest BCUT2D eigenvalue weighted by Crippen LogP contribution is 2.69. The number of carbonyl (C=O) groups excluding carboxylic acids is 1. The number of nitrogens with zero attached hydrogens (tertiary/aromatic N) is 14. The maximum Gasteiger partial charge on any atom is 0.325 e. The van der Waals surface area contributed by atoms with E-state index in [-0.39, 0.29) is 142 Å². The molecule has 6 N–H and O–H groups in total. The molecule has 0 unspecified atom stereocenters. The monoisotopic (exact) mass is 1810 g/mol. The van der Waals surface area contributed by atoms with E-state index in [0.717, 1.165) is 57.5 Å². The molecule has 47 heteroatoms. The number of hydrogen-bond donors (Lipinski definition) is 5. The third kappa shape index (κ3) is 18.0. The standard InChI is InChI=1S/C38H32ClF8N9O5S.C28H26ClF4N7O4S.C10H10F2N2O2/c1-37(44,45)8-9-61-26-7-4-19-33(49-26)50-35(56(36(19)58)24-6-5-22(39)28-30(24)54(2)52-34(28)53-62(3,59)60)23(12-16-10-17(40)13-18(41)11-16)48-25(57)15-55-31-27(29(51-55)32(42)43)20-14-21(20)38(31,46)47;1-28(32,33)8-9-44-21-7-4-17-24(35-21)36-26(19(34)12-14-10-15(30)13-16(31)11-14)40(27(17)41)20-6-5-18(29)22-23(20)39(2)37-25(22)38-45(3,42)43;1-4-8-5-2-6(5)10(11,12)9(8)14(13-4)3-7(15)16/h4-7,10-11,13,20-21,23,32H,8-9,12,14-15H2,1-3H3,(H,48,57)(H,52,53);4-7,10-11,13,19H,8-9,12,34H2,1-3H3,(H,37,38);5-6H,2-3H2,1H3,(H,15,16)/t20-,21+,23-;19-;5-,6+/m000/s1. The van der Waals surface area contributed by atoms with Crippen LogP contribution < -0.4 is 41.1 Å². The fraction of sp³-hybridized carbons (Fsp3) is 0.368. The summed E-state index contributed by atoms with van der Waals surface area (Å²) in [7, 11) is -4.83. The molecule has 123 heavy (non-hydrogen) atoms. The fourth-order valence-corrected chi connectivity index (χ4v) is 16.9. The number of aliphatic carboxylic acids is 1. The van der Waals surface area contributed by atoms with Crippen molar-refractivity contribution < 1.29 is 102 Å². The molecule has 0 saturated heterocycles. The fourth-order valence-electron chi connectivity index (χ4n) is 15.4. The summed E-state index contributed by atoms with van der Waals surface area (Å²) >= 11 is 13.0. The number of benzene rings is 4. The van der Waals surface area contributed by atoms with E-state index in [0.29, 0.717) is 41.4 Å². The van der Waals surface area contributed by atoms with Gasteiger partial charge in [0.05, 0.1) is 97.5 Å². The Hall–Kier alpha value is -11.6. The van der Waals surface area contributed by atoms with Crippen LogP contribution in [0.5, 0.6) is 11.8 Å². The lowest BCUT2D eigenvalue weighted by atomic mass is 10.0. The average Bonchev–Trinajstić information content (AvgIpc) is 1.52. The first kappa shape index (κ1) is 87.8. The second-order valence-corrected chi connectivity index (χ2v) is 34.5. The molecule has 1 amide bonds. The lowest BCUT2D eigenvalue weighted by Crippen LogP contribution is -2.38. The summed E-state index contributed by atoms with van der Waals surface area (Å²) in [5, 5.41) is 27.3. The van der Waals surface area contributed by atoms with Crippen LogP contribution in [0.1, 0.15) is 127 Å². The van der Waals surface area contributed by atoms with Gasteiger partial charge in [-0.2, -0.15) is 47.9 Å². The maximum atomic E-state index is 15.5. The van der Waals surface area contributed by atoms with E-state index in [4.69, 9.17) is 43.5 Å². The van der Waals surface area contributed by atoms with Crippen LogP contribution in [-0.4, -0.2) is 140 Å². The summed E-state index contributed by atoms with van der Waals surface area (Å²) in [6.07, 6.45) is -3.00. The van der Waals surface area contributed by atoms with Crippen LogP contribution in [0, 0.1) is 42.0 Å². The van der Waals surface area contributed by atoms with Gasteiger partial charge in [-0.05, 0) is 124 Å². The molecule has 8 aromatic heterocycles. The number of rotatable bonds is 26. The first-order chi connectivity index (χ1) is 57.4. The van der Waals surface area contributed by atoms with Crippen molar-refractivity contribution in [3.05, 3.63) is 196 Å². The summed E-state index contributed by atoms with van der Waals surface area (Å²) in [5.74, 6) is -22.6. The number of nitrogens with two attached hydrogens (primary N) is 1. The molecule has 652 valence electrons. The number of sulfonamides is 2. The summed E-state index contributed by atoms with van der Waals surface area (Å²) in [6, 6.07) is 13.1. The Morgan fingerprint density at radius 1 is 0.610 bits per heavy atom. The number of carbonyl (C=O) groups is 2. The van der Waals surface area contributed by atoms with Crippen LogP contribution in [0.15, 0.2) is 94.5 Å². The van der Waals surface area contributed by atoms with Crippen molar-refractivity contribution >= 4 is 111 Å². The molecule has 0 aliphatic heterocycles. The molecule has 0 spiro atoms. The van der Waals surface area contributed by atoms with Gasteiger partial charge in [-0.1, -0.05) is 23.2 Å². The van der Waals surface area contributed by atoms with Crippen LogP contribution in [0.3, 0.4) is 0 Å². The van der Waals surface area contributed by atoms with E-state index in [1.54, 1.807) is 6.92 Å². The van der Waals surface area contributed by atoms with E-state index in [2.05, 4.69) is 55.1 Å². The molecular weight excluding hydrogens is 1740 g/mol. The highest BCUT2D eigenvalue weighted by Gasteiger charge is 2.68. The van der Waals surface area contributed by atoms with Crippen LogP contribution in [0.25, 0.3) is 55.2 Å². The van der Waals surface area contributed by atoms with Crippen LogP contribution >= 0.6 is 23.2 Å². The van der Waals surface area contributed by atoms with Gasteiger partial charge in [0.25, 0.3) is 29.4 Å². The zero-order chi connectivity index (χ0) is 89.3. The minimum Gasteiger partial charge on any atom is -0.480 e. The number of aromatic nitrogens is 14. The zero-order valence-electron chi connectivity index (χ0n) is 64.9. The normalized spacial score (nSPS) is 17.2. The van der Waals surface area contributed by atoms with Gasteiger partial charge in [0.2, 0.25) is 49.6 Å². The Labute approximate surface area is 695 Å². The predicted molar refractivity (Wildman–Crippen MR) is 416 cm³/mol. The number of alkyl halides is 10. The maximum absolute atomic E-state index is 15.5. The third-order valence-corrected chi connectivity index (χ3v) is 22.3. The SMILES string of the molecule is Cc1nn(CC(=O)O)c2c1[C@H]1C[C@H]1C2(F)F.Cn1nc(NS(C)(=O)=O)c2c(Cl)ccc(-n3c([C@@H](N)Cc4cc(F)cc(F)c4)nc4nc(OCCC(C)(F)F)ccc4c3=O)c21.Cn1nc(NS(C)(=O)=O)c2c(Cl)ccc(-n3c([C@H](Cc4cc(F)cc(F)c4)NC(=O)Cn4nc(C(F)F)c5c4C(F)(F)[C@@H]4C[C@H]54)nc4nc(OCCC(C)(F)F)ccc4c3=O)c21. The Balaban J connectivity index is 0.000000175. The third-order valence-electron chi connectivity index (χ3n) is 20.5. The molecule has 4 aromatic carbocycles. The smallest absolute Gasteiger partial charge is 0.325 e. The second-order valence-electron chi connectivity index (χ2n) is 30.2. The van der Waals surface area contributed by atoms with Gasteiger partial charge < -0.3 is 25.6 Å². The number of ether oxygens (including phenoxy) is 2. The zero-order valence-corrected chi connectivity index (χ0v) is 68.1. The molecule has 16 rings (SSSR count). The topological polar surface area (TPSA) is 370 Å².